The molecule has 4 rings (SSSR count). The smallest absolute Gasteiger partial charge is 0.432 e. The topological polar surface area (TPSA) is 146 Å². The summed E-state index contributed by atoms with van der Waals surface area (Å²) in [7, 11) is -2.24. The number of hydrogen-bond acceptors (Lipinski definition) is 10. The molecular formula is C28H30FN4O6PS. The minimum absolute atomic E-state index is 0.0550. The molecule has 13 heteroatoms. The van der Waals surface area contributed by atoms with Crippen LogP contribution in [0.5, 0.6) is 0 Å². The zero-order chi connectivity index (χ0) is 29.4. The molecule has 216 valence electrons. The predicted molar refractivity (Wildman–Crippen MR) is 158 cm³/mol. The van der Waals surface area contributed by atoms with Gasteiger partial charge in [-0.05, 0) is 52.8 Å². The molecule has 0 saturated carbocycles. The van der Waals surface area contributed by atoms with Crippen molar-refractivity contribution in [3.63, 3.8) is 0 Å². The van der Waals surface area contributed by atoms with Crippen LogP contribution in [0.4, 0.5) is 20.4 Å². The summed E-state index contributed by atoms with van der Waals surface area (Å²) in [5, 5.41) is 3.43. The number of nitrogens with two attached hydrogens (primary N) is 2. The lowest BCUT2D eigenvalue weighted by molar-refractivity contribution is -0.121. The van der Waals surface area contributed by atoms with E-state index in [0.717, 1.165) is 39.3 Å². The van der Waals surface area contributed by atoms with E-state index < -0.39 is 13.8 Å². The number of nitrogens with one attached hydrogen (secondary N) is 1. The minimum Gasteiger partial charge on any atom is -0.432 e. The fourth-order valence-electron chi connectivity index (χ4n) is 4.77. The molecule has 2 atom stereocenters. The molecule has 0 fully saturated rings. The van der Waals surface area contributed by atoms with E-state index in [4.69, 9.17) is 25.7 Å². The van der Waals surface area contributed by atoms with Gasteiger partial charge in [-0.15, -0.1) is 5.17 Å². The van der Waals surface area contributed by atoms with Gasteiger partial charge >= 0.3 is 6.16 Å². The van der Waals surface area contributed by atoms with Gasteiger partial charge in [0.25, 0.3) is 7.66 Å². The molecule has 10 nitrogen and oxygen atoms in total. The largest absolute Gasteiger partial charge is 0.534 e. The highest BCUT2D eigenvalue weighted by atomic mass is 32.7. The van der Waals surface area contributed by atoms with Crippen molar-refractivity contribution in [1.29, 1.82) is 0 Å². The first-order valence-corrected chi connectivity index (χ1v) is 15.1. The van der Waals surface area contributed by atoms with Gasteiger partial charge in [-0.3, -0.25) is 14.4 Å². The zero-order valence-electron chi connectivity index (χ0n) is 22.0. The van der Waals surface area contributed by atoms with Crippen LogP contribution in [0.15, 0.2) is 60.7 Å². The van der Waals surface area contributed by atoms with Crippen LogP contribution in [0.1, 0.15) is 45.8 Å². The Labute approximate surface area is 243 Å². The summed E-state index contributed by atoms with van der Waals surface area (Å²) in [5.41, 5.74) is 11.4. The molecule has 0 spiro atoms. The number of nitrogens with zero attached hydrogens (tertiary/aromatic N) is 1. The molecular weight excluding hydrogens is 570 g/mol. The number of aryl methyl sites for hydroxylation is 1. The van der Waals surface area contributed by atoms with Crippen LogP contribution in [0.25, 0.3) is 11.1 Å². The summed E-state index contributed by atoms with van der Waals surface area (Å²) >= 11 is 3.54. The average Bonchev–Trinajstić information content (AvgIpc) is 3.27. The van der Waals surface area contributed by atoms with Crippen molar-refractivity contribution in [2.45, 2.75) is 25.2 Å². The SMILES string of the molecule is Nc1ccccc1N(N)OC(=O)OCC1c2cc(CCCC(=O)NCCOP(F)S)ccc2-c2c(C=O)cccc21. The number of hydrazine groups is 1. The van der Waals surface area contributed by atoms with Gasteiger partial charge in [-0.25, -0.2) is 10.6 Å². The Morgan fingerprint density at radius 2 is 1.93 bits per heavy atom. The lowest BCUT2D eigenvalue weighted by Gasteiger charge is -2.19. The van der Waals surface area contributed by atoms with Gasteiger partial charge in [0.15, 0.2) is 6.29 Å². The van der Waals surface area contributed by atoms with Crippen molar-refractivity contribution in [2.75, 3.05) is 30.7 Å². The van der Waals surface area contributed by atoms with Gasteiger partial charge in [-0.1, -0.05) is 60.8 Å². The van der Waals surface area contributed by atoms with E-state index in [1.807, 2.05) is 24.3 Å². The predicted octanol–water partition coefficient (Wildman–Crippen LogP) is 5.22. The molecule has 0 radical (unpaired) electrons. The molecule has 2 unspecified atom stereocenters. The number of ether oxygens (including phenoxy) is 1. The standard InChI is InChI=1S/C28H30FN4O6PS/c29-40(41)38-14-13-32-26(35)10-3-5-18-11-12-21-22(15-18)23(20-7-4-6-19(16-34)27(20)21)17-37-28(36)39-33(31)25-9-2-1-8-24(25)30/h1-2,4,6-9,11-12,15-16,23,41H,3,5,10,13-14,17,30-31H2,(H,32,35). The molecule has 0 heterocycles. The maximum absolute atomic E-state index is 12.6. The number of amides is 1. The Morgan fingerprint density at radius 3 is 2.68 bits per heavy atom. The Kier molecular flexibility index (Phi) is 10.5. The van der Waals surface area contributed by atoms with Gasteiger partial charge in [-0.2, -0.15) is 4.20 Å². The van der Waals surface area contributed by atoms with Crippen molar-refractivity contribution < 1.29 is 32.7 Å². The van der Waals surface area contributed by atoms with E-state index in [1.54, 1.807) is 36.4 Å². The van der Waals surface area contributed by atoms with Crippen LogP contribution in [-0.4, -0.2) is 38.1 Å². The lowest BCUT2D eigenvalue weighted by atomic mass is 9.95. The Hall–Kier alpha value is -3.70. The highest BCUT2D eigenvalue weighted by Crippen LogP contribution is 2.47. The first-order chi connectivity index (χ1) is 19.8. The number of para-hydroxylation sites is 2. The Morgan fingerprint density at radius 1 is 1.12 bits per heavy atom. The zero-order valence-corrected chi connectivity index (χ0v) is 23.8. The number of carbonyl (C=O) groups excluding carboxylic acids is 3. The molecule has 1 aliphatic carbocycles. The number of rotatable bonds is 13. The van der Waals surface area contributed by atoms with Crippen molar-refractivity contribution in [1.82, 2.24) is 5.32 Å². The molecule has 5 N–H and O–H groups in total. The summed E-state index contributed by atoms with van der Waals surface area (Å²) in [6.45, 7) is 0.218. The van der Waals surface area contributed by atoms with E-state index in [1.165, 1.54) is 0 Å². The van der Waals surface area contributed by atoms with Crippen molar-refractivity contribution in [3.05, 3.63) is 82.9 Å². The molecule has 0 aromatic heterocycles. The average molecular weight is 601 g/mol. The van der Waals surface area contributed by atoms with Crippen LogP contribution < -0.4 is 22.1 Å². The number of fused-ring (bicyclic) bond motifs is 3. The first-order valence-electron chi connectivity index (χ1n) is 12.8. The quantitative estimate of drug-likeness (QED) is 0.0303. The highest BCUT2D eigenvalue weighted by molar-refractivity contribution is 8.41. The molecule has 3 aromatic rings. The molecule has 41 heavy (non-hydrogen) atoms. The summed E-state index contributed by atoms with van der Waals surface area (Å²) < 4.78 is 22.8. The van der Waals surface area contributed by atoms with Crippen LogP contribution in [0.3, 0.4) is 0 Å². The summed E-state index contributed by atoms with van der Waals surface area (Å²) in [6, 6.07) is 18.0. The maximum atomic E-state index is 12.6. The number of aldehydes is 1. The van der Waals surface area contributed by atoms with Crippen molar-refractivity contribution in [2.24, 2.45) is 5.84 Å². The van der Waals surface area contributed by atoms with E-state index in [-0.39, 0.29) is 38.0 Å². The summed E-state index contributed by atoms with van der Waals surface area (Å²) in [6.07, 6.45) is 1.29. The second-order valence-corrected chi connectivity index (χ2v) is 10.9. The van der Waals surface area contributed by atoms with Crippen LogP contribution in [0.2, 0.25) is 0 Å². The minimum atomic E-state index is -2.24. The van der Waals surface area contributed by atoms with Gasteiger partial charge in [0.05, 0.1) is 12.3 Å². The monoisotopic (exact) mass is 600 g/mol. The van der Waals surface area contributed by atoms with Crippen molar-refractivity contribution >= 4 is 49.6 Å². The fourth-order valence-corrected chi connectivity index (χ4v) is 5.25. The number of anilines is 2. The molecule has 3 aromatic carbocycles. The molecule has 0 saturated heterocycles. The summed E-state index contributed by atoms with van der Waals surface area (Å²) in [5.74, 6) is 5.34. The third kappa shape index (κ3) is 7.74. The van der Waals surface area contributed by atoms with E-state index in [9.17, 15) is 18.6 Å². The second kappa shape index (κ2) is 14.3. The lowest BCUT2D eigenvalue weighted by Crippen LogP contribution is -2.35. The van der Waals surface area contributed by atoms with E-state index >= 15 is 0 Å². The second-order valence-electron chi connectivity index (χ2n) is 9.20. The number of thiol groups is 1. The van der Waals surface area contributed by atoms with E-state index in [2.05, 4.69) is 17.6 Å². The molecule has 0 aliphatic heterocycles. The van der Waals surface area contributed by atoms with Gasteiger partial charge in [0.1, 0.15) is 12.3 Å². The van der Waals surface area contributed by atoms with Crippen molar-refractivity contribution in [3.8, 4) is 11.1 Å². The third-order valence-electron chi connectivity index (χ3n) is 6.60. The number of benzene rings is 3. The number of nitrogen functional groups attached to an aromatic ring is 1. The maximum Gasteiger partial charge on any atom is 0.534 e. The van der Waals surface area contributed by atoms with Crippen LogP contribution in [-0.2, 0) is 25.3 Å². The van der Waals surface area contributed by atoms with Crippen LogP contribution in [0, 0.1) is 0 Å². The van der Waals surface area contributed by atoms with Gasteiger partial charge in [0, 0.05) is 24.4 Å². The van der Waals surface area contributed by atoms with Gasteiger partial charge < -0.3 is 20.3 Å². The Balaban J connectivity index is 1.42. The van der Waals surface area contributed by atoms with Gasteiger partial charge in [0.2, 0.25) is 5.91 Å². The summed E-state index contributed by atoms with van der Waals surface area (Å²) in [4.78, 5) is 41.5. The normalized spacial score (nSPS) is 14.0. The highest BCUT2D eigenvalue weighted by Gasteiger charge is 2.32. The molecule has 1 amide bonds. The molecule has 0 bridgehead atoms. The van der Waals surface area contributed by atoms with Crippen LogP contribution >= 0.6 is 19.9 Å². The number of hydrogen-bond donors (Lipinski definition) is 4. The first kappa shape index (κ1) is 30.3. The third-order valence-corrected chi connectivity index (χ3v) is 7.34. The fraction of sp³-hybridized carbons (Fsp3) is 0.250. The Bertz CT molecular complexity index is 1410. The molecule has 1 aliphatic rings. The number of halogens is 1. The van der Waals surface area contributed by atoms with E-state index in [0.29, 0.717) is 29.8 Å². The number of carbonyl (C=O) groups is 3.